The molecular formula is C6H9NO. The monoisotopic (exact) mass is 111 g/mol. The first-order valence-corrected chi connectivity index (χ1v) is 3.06. The van der Waals surface area contributed by atoms with E-state index < -0.39 is 0 Å². The molecule has 3 fully saturated rings. The Morgan fingerprint density at radius 1 is 1.50 bits per heavy atom. The summed E-state index contributed by atoms with van der Waals surface area (Å²) in [6, 6.07) is 0.639. The van der Waals surface area contributed by atoms with Crippen molar-refractivity contribution < 1.29 is 4.79 Å². The number of Topliss-reactive ketones (excluding diaryl/α,β-unsaturated/α-hetero) is 1. The molecule has 0 N–H and O–H groups in total. The first kappa shape index (κ1) is 4.50. The predicted octanol–water partition coefficient (Wildman–Crippen LogP) is 0.0319. The summed E-state index contributed by atoms with van der Waals surface area (Å²) in [6.07, 6.45) is 2.22. The third kappa shape index (κ3) is 0.284. The van der Waals surface area contributed by atoms with Crippen LogP contribution in [0.25, 0.3) is 0 Å². The zero-order valence-electron chi connectivity index (χ0n) is 4.92. The average molecular weight is 111 g/mol. The Hall–Kier alpha value is -0.370. The van der Waals surface area contributed by atoms with Gasteiger partial charge in [0.05, 0.1) is 12.1 Å². The predicted molar refractivity (Wildman–Crippen MR) is 29.6 cm³/mol. The fourth-order valence-electron chi connectivity index (χ4n) is 1.77. The van der Waals surface area contributed by atoms with Gasteiger partial charge in [-0.2, -0.15) is 0 Å². The van der Waals surface area contributed by atoms with Crippen molar-refractivity contribution in [1.82, 2.24) is 4.90 Å². The summed E-state index contributed by atoms with van der Waals surface area (Å²) in [7, 11) is 2.03. The van der Waals surface area contributed by atoms with Crippen molar-refractivity contribution >= 4 is 5.78 Å². The third-order valence-electron chi connectivity index (χ3n) is 2.35. The van der Waals surface area contributed by atoms with Gasteiger partial charge in [0.15, 0.2) is 5.78 Å². The summed E-state index contributed by atoms with van der Waals surface area (Å²) in [5.74, 6) is 0.479. The minimum absolute atomic E-state index is 0.319. The van der Waals surface area contributed by atoms with Crippen LogP contribution in [0.1, 0.15) is 12.8 Å². The molecule has 1 saturated carbocycles. The number of fused-ring (bicyclic) bond motifs is 1. The van der Waals surface area contributed by atoms with Crippen LogP contribution in [0.2, 0.25) is 0 Å². The molecular weight excluding hydrogens is 102 g/mol. The van der Waals surface area contributed by atoms with Crippen LogP contribution in [0.5, 0.6) is 0 Å². The normalized spacial score (nSPS) is 44.9. The van der Waals surface area contributed by atoms with Gasteiger partial charge >= 0.3 is 0 Å². The second kappa shape index (κ2) is 1.13. The molecule has 3 aliphatic rings. The maximum atomic E-state index is 10.8. The Balaban J connectivity index is 2.26. The van der Waals surface area contributed by atoms with E-state index in [4.69, 9.17) is 0 Å². The minimum atomic E-state index is 0.319. The van der Waals surface area contributed by atoms with Crippen molar-refractivity contribution in [2.45, 2.75) is 24.9 Å². The topological polar surface area (TPSA) is 20.3 Å². The van der Waals surface area contributed by atoms with Gasteiger partial charge in [-0.3, -0.25) is 9.69 Å². The minimum Gasteiger partial charge on any atom is -0.296 e. The molecule has 0 radical (unpaired) electrons. The van der Waals surface area contributed by atoms with Gasteiger partial charge in [0.2, 0.25) is 0 Å². The van der Waals surface area contributed by atoms with Gasteiger partial charge in [-0.05, 0) is 19.9 Å². The molecule has 2 heterocycles. The molecule has 2 bridgehead atoms. The molecule has 0 aromatic heterocycles. The number of hydrogen-bond donors (Lipinski definition) is 0. The van der Waals surface area contributed by atoms with Crippen LogP contribution >= 0.6 is 0 Å². The van der Waals surface area contributed by atoms with E-state index in [-0.39, 0.29) is 0 Å². The summed E-state index contributed by atoms with van der Waals surface area (Å²) in [6.45, 7) is 0. The number of ketones is 1. The highest BCUT2D eigenvalue weighted by molar-refractivity contribution is 5.96. The standard InChI is InChI=1S/C6H9NO/c1-7-4-2-3-5(7)6(4)8/h4-5H,2-3H2,1H3. The highest BCUT2D eigenvalue weighted by Crippen LogP contribution is 2.34. The van der Waals surface area contributed by atoms with Gasteiger partial charge in [-0.15, -0.1) is 0 Å². The second-order valence-electron chi connectivity index (χ2n) is 2.68. The first-order valence-electron chi connectivity index (χ1n) is 3.06. The molecule has 2 nitrogen and oxygen atoms in total. The van der Waals surface area contributed by atoms with Gasteiger partial charge < -0.3 is 0 Å². The summed E-state index contributed by atoms with van der Waals surface area (Å²) >= 11 is 0. The molecule has 0 spiro atoms. The highest BCUT2D eigenvalue weighted by atomic mass is 16.1. The van der Waals surface area contributed by atoms with E-state index in [2.05, 4.69) is 4.90 Å². The van der Waals surface area contributed by atoms with Crippen LogP contribution in [0.15, 0.2) is 0 Å². The van der Waals surface area contributed by atoms with Crippen LogP contribution < -0.4 is 0 Å². The van der Waals surface area contributed by atoms with Crippen LogP contribution in [-0.2, 0) is 4.79 Å². The second-order valence-corrected chi connectivity index (χ2v) is 2.68. The van der Waals surface area contributed by atoms with Crippen molar-refractivity contribution in [3.63, 3.8) is 0 Å². The number of carbonyl (C=O) groups is 1. The number of likely N-dealkylation sites (N-methyl/N-ethyl adjacent to an activating group) is 1. The van der Waals surface area contributed by atoms with Gasteiger partial charge in [0, 0.05) is 0 Å². The molecule has 2 saturated heterocycles. The summed E-state index contributed by atoms with van der Waals surface area (Å²) < 4.78 is 0. The summed E-state index contributed by atoms with van der Waals surface area (Å²) in [5.41, 5.74) is 0. The Bertz CT molecular complexity index is 129. The zero-order valence-corrected chi connectivity index (χ0v) is 4.92. The molecule has 0 aromatic rings. The Morgan fingerprint density at radius 2 is 2.00 bits per heavy atom. The number of nitrogens with zero attached hydrogens (tertiary/aromatic N) is 1. The van der Waals surface area contributed by atoms with Gasteiger partial charge in [0.1, 0.15) is 0 Å². The van der Waals surface area contributed by atoms with E-state index in [9.17, 15) is 4.79 Å². The van der Waals surface area contributed by atoms with E-state index in [1.165, 1.54) is 0 Å². The van der Waals surface area contributed by atoms with Gasteiger partial charge in [0.25, 0.3) is 0 Å². The lowest BCUT2D eigenvalue weighted by molar-refractivity contribution is -0.136. The van der Waals surface area contributed by atoms with Gasteiger partial charge in [-0.25, -0.2) is 0 Å². The summed E-state index contributed by atoms with van der Waals surface area (Å²) in [5, 5.41) is 0. The smallest absolute Gasteiger partial charge is 0.167 e. The quantitative estimate of drug-likeness (QED) is 0.439. The van der Waals surface area contributed by atoms with Crippen molar-refractivity contribution in [1.29, 1.82) is 0 Å². The molecule has 2 aliphatic heterocycles. The van der Waals surface area contributed by atoms with Crippen molar-refractivity contribution in [2.75, 3.05) is 7.05 Å². The van der Waals surface area contributed by atoms with E-state index in [0.29, 0.717) is 17.9 Å². The first-order chi connectivity index (χ1) is 3.80. The Morgan fingerprint density at radius 3 is 2.12 bits per heavy atom. The average Bonchev–Trinajstić information content (AvgIpc) is 2.26. The van der Waals surface area contributed by atoms with Gasteiger partial charge in [-0.1, -0.05) is 0 Å². The maximum Gasteiger partial charge on any atom is 0.167 e. The zero-order chi connectivity index (χ0) is 5.72. The van der Waals surface area contributed by atoms with E-state index in [1.807, 2.05) is 7.05 Å². The maximum absolute atomic E-state index is 10.8. The van der Waals surface area contributed by atoms with Crippen LogP contribution in [0.3, 0.4) is 0 Å². The third-order valence-corrected chi connectivity index (χ3v) is 2.35. The van der Waals surface area contributed by atoms with Crippen molar-refractivity contribution in [2.24, 2.45) is 0 Å². The molecule has 1 aliphatic carbocycles. The van der Waals surface area contributed by atoms with Crippen LogP contribution in [0.4, 0.5) is 0 Å². The Kier molecular flexibility index (Phi) is 0.637. The molecule has 2 heteroatoms. The van der Waals surface area contributed by atoms with E-state index >= 15 is 0 Å². The lowest BCUT2D eigenvalue weighted by Gasteiger charge is -2.34. The van der Waals surface area contributed by atoms with Crippen LogP contribution in [0, 0.1) is 0 Å². The fourth-order valence-corrected chi connectivity index (χ4v) is 1.77. The number of carbonyl (C=O) groups excluding carboxylic acids is 1. The molecule has 44 valence electrons. The molecule has 0 aromatic carbocycles. The molecule has 2 unspecified atom stereocenters. The largest absolute Gasteiger partial charge is 0.296 e. The summed E-state index contributed by atoms with van der Waals surface area (Å²) in [4.78, 5) is 13.0. The molecule has 8 heavy (non-hydrogen) atoms. The van der Waals surface area contributed by atoms with Crippen molar-refractivity contribution in [3.05, 3.63) is 0 Å². The van der Waals surface area contributed by atoms with Crippen molar-refractivity contribution in [3.8, 4) is 0 Å². The molecule has 0 amide bonds. The number of rotatable bonds is 0. The molecule has 2 atom stereocenters. The SMILES string of the molecule is CN1C2CCC1C2=O. The Labute approximate surface area is 48.5 Å². The number of hydrogen-bond acceptors (Lipinski definition) is 2. The fraction of sp³-hybridized carbons (Fsp3) is 0.833. The van der Waals surface area contributed by atoms with E-state index in [1.54, 1.807) is 0 Å². The highest BCUT2D eigenvalue weighted by Gasteiger charge is 2.50. The van der Waals surface area contributed by atoms with E-state index in [0.717, 1.165) is 12.8 Å². The van der Waals surface area contributed by atoms with Crippen LogP contribution in [-0.4, -0.2) is 29.8 Å². The lowest BCUT2D eigenvalue weighted by Crippen LogP contribution is -2.55. The molecule has 3 rings (SSSR count). The lowest BCUT2D eigenvalue weighted by atomic mass is 10.0.